The standard InChI is InChI=1S/C28H25F2N3O/c1-18(2)19-9-11-20(12-10-19)27-26-8-5-15-32(26)25-7-4-3-6-21(25)17-33(27)28(34)31-24-16-22(29)13-14-23(24)30/h3-16,18,27H,17H2,1-2H3,(H,31,34)/t27-/m1/s1. The van der Waals surface area contributed by atoms with Crippen molar-refractivity contribution in [2.75, 3.05) is 5.32 Å². The van der Waals surface area contributed by atoms with Gasteiger partial charge in [0, 0.05) is 18.0 Å². The van der Waals surface area contributed by atoms with Gasteiger partial charge in [-0.15, -0.1) is 0 Å². The Balaban J connectivity index is 1.62. The van der Waals surface area contributed by atoms with Crippen LogP contribution in [-0.2, 0) is 6.54 Å². The first kappa shape index (κ1) is 21.9. The summed E-state index contributed by atoms with van der Waals surface area (Å²) in [6.07, 6.45) is 1.98. The van der Waals surface area contributed by atoms with Gasteiger partial charge in [-0.3, -0.25) is 0 Å². The number of carbonyl (C=O) groups is 1. The molecule has 172 valence electrons. The van der Waals surface area contributed by atoms with Crippen molar-refractivity contribution < 1.29 is 13.6 Å². The minimum absolute atomic E-state index is 0.188. The number of urea groups is 1. The second-order valence-electron chi connectivity index (χ2n) is 8.84. The average molecular weight is 458 g/mol. The molecule has 0 saturated carbocycles. The highest BCUT2D eigenvalue weighted by Crippen LogP contribution is 2.37. The van der Waals surface area contributed by atoms with E-state index in [1.807, 2.05) is 54.7 Å². The zero-order chi connectivity index (χ0) is 23.8. The maximum absolute atomic E-state index is 14.3. The number of hydrogen-bond acceptors (Lipinski definition) is 1. The molecule has 0 unspecified atom stereocenters. The van der Waals surface area contributed by atoms with E-state index in [4.69, 9.17) is 0 Å². The van der Waals surface area contributed by atoms with Crippen molar-refractivity contribution in [1.82, 2.24) is 9.47 Å². The molecule has 2 amide bonds. The van der Waals surface area contributed by atoms with Gasteiger partial charge >= 0.3 is 6.03 Å². The van der Waals surface area contributed by atoms with E-state index in [-0.39, 0.29) is 5.69 Å². The minimum atomic E-state index is -0.689. The second kappa shape index (κ2) is 8.78. The zero-order valence-corrected chi connectivity index (χ0v) is 19.0. The van der Waals surface area contributed by atoms with Gasteiger partial charge in [0.05, 0.1) is 24.0 Å². The number of aromatic nitrogens is 1. The number of nitrogens with zero attached hydrogens (tertiary/aromatic N) is 2. The summed E-state index contributed by atoms with van der Waals surface area (Å²) < 4.78 is 30.2. The number of carbonyl (C=O) groups excluding carboxylic acids is 1. The van der Waals surface area contributed by atoms with Crippen molar-refractivity contribution in [2.24, 2.45) is 0 Å². The molecule has 1 aliphatic heterocycles. The Morgan fingerprint density at radius 3 is 2.50 bits per heavy atom. The van der Waals surface area contributed by atoms with Gasteiger partial charge in [-0.05, 0) is 52.9 Å². The summed E-state index contributed by atoms with van der Waals surface area (Å²) in [5.74, 6) is -0.926. The summed E-state index contributed by atoms with van der Waals surface area (Å²) in [7, 11) is 0. The average Bonchev–Trinajstić information content (AvgIpc) is 3.25. The van der Waals surface area contributed by atoms with E-state index in [2.05, 4.69) is 35.9 Å². The van der Waals surface area contributed by atoms with E-state index in [1.165, 1.54) is 5.56 Å². The van der Waals surface area contributed by atoms with E-state index >= 15 is 0 Å². The third-order valence-corrected chi connectivity index (χ3v) is 6.31. The van der Waals surface area contributed by atoms with E-state index in [0.717, 1.165) is 40.7 Å². The fourth-order valence-electron chi connectivity index (χ4n) is 4.53. The maximum atomic E-state index is 14.3. The summed E-state index contributed by atoms with van der Waals surface area (Å²) >= 11 is 0. The molecule has 0 aliphatic carbocycles. The molecule has 4 aromatic rings. The van der Waals surface area contributed by atoms with Crippen LogP contribution in [-0.4, -0.2) is 15.5 Å². The van der Waals surface area contributed by atoms with Crippen LogP contribution >= 0.6 is 0 Å². The molecule has 6 heteroatoms. The van der Waals surface area contributed by atoms with Crippen molar-refractivity contribution in [3.05, 3.63) is 119 Å². The predicted octanol–water partition coefficient (Wildman–Crippen LogP) is 7.02. The van der Waals surface area contributed by atoms with Crippen molar-refractivity contribution >= 4 is 11.7 Å². The molecule has 3 aromatic carbocycles. The monoisotopic (exact) mass is 457 g/mol. The number of anilines is 1. The molecule has 4 nitrogen and oxygen atoms in total. The zero-order valence-electron chi connectivity index (χ0n) is 19.0. The minimum Gasteiger partial charge on any atom is -0.318 e. The number of benzene rings is 3. The Bertz CT molecular complexity index is 1340. The molecule has 0 saturated heterocycles. The predicted molar refractivity (Wildman–Crippen MR) is 129 cm³/mol. The van der Waals surface area contributed by atoms with Gasteiger partial charge in [0.1, 0.15) is 11.6 Å². The molecular formula is C28H25F2N3O. The highest BCUT2D eigenvalue weighted by Gasteiger charge is 2.33. The number of para-hydroxylation sites is 1. The van der Waals surface area contributed by atoms with Crippen LogP contribution in [0.3, 0.4) is 0 Å². The first-order chi connectivity index (χ1) is 16.4. The van der Waals surface area contributed by atoms with E-state index in [0.29, 0.717) is 12.5 Å². The third-order valence-electron chi connectivity index (χ3n) is 6.31. The van der Waals surface area contributed by atoms with Crippen LogP contribution in [0.1, 0.15) is 48.2 Å². The van der Waals surface area contributed by atoms with E-state index in [9.17, 15) is 13.6 Å². The van der Waals surface area contributed by atoms with Crippen molar-refractivity contribution in [3.8, 4) is 5.69 Å². The summed E-state index contributed by atoms with van der Waals surface area (Å²) in [5, 5.41) is 2.59. The van der Waals surface area contributed by atoms with Gasteiger partial charge in [0.25, 0.3) is 0 Å². The fraction of sp³-hybridized carbons (Fsp3) is 0.179. The molecule has 0 bridgehead atoms. The lowest BCUT2D eigenvalue weighted by atomic mass is 9.97. The lowest BCUT2D eigenvalue weighted by molar-refractivity contribution is 0.194. The summed E-state index contributed by atoms with van der Waals surface area (Å²) in [6, 6.07) is 22.2. The molecule has 0 fully saturated rings. The first-order valence-corrected chi connectivity index (χ1v) is 11.3. The largest absolute Gasteiger partial charge is 0.323 e. The van der Waals surface area contributed by atoms with Gasteiger partial charge in [0.2, 0.25) is 0 Å². The van der Waals surface area contributed by atoms with Crippen LogP contribution in [0.15, 0.2) is 85.1 Å². The van der Waals surface area contributed by atoms with Crippen LogP contribution in [0.5, 0.6) is 0 Å². The molecule has 34 heavy (non-hydrogen) atoms. The van der Waals surface area contributed by atoms with Crippen LogP contribution in [0.4, 0.5) is 19.3 Å². The number of hydrogen-bond donors (Lipinski definition) is 1. The Morgan fingerprint density at radius 1 is 0.971 bits per heavy atom. The quantitative estimate of drug-likeness (QED) is 0.353. The topological polar surface area (TPSA) is 37.3 Å². The highest BCUT2D eigenvalue weighted by atomic mass is 19.1. The molecule has 2 heterocycles. The molecule has 0 spiro atoms. The van der Waals surface area contributed by atoms with Crippen LogP contribution in [0.2, 0.25) is 0 Å². The van der Waals surface area contributed by atoms with Crippen LogP contribution in [0, 0.1) is 11.6 Å². The molecule has 1 aromatic heterocycles. The maximum Gasteiger partial charge on any atom is 0.323 e. The SMILES string of the molecule is CC(C)c1ccc([C@@H]2c3cccn3-c3ccccc3CN2C(=O)Nc2cc(F)ccc2F)cc1. The number of nitrogens with one attached hydrogen (secondary N) is 1. The molecule has 1 aliphatic rings. The molecule has 0 radical (unpaired) electrons. The van der Waals surface area contributed by atoms with Gasteiger partial charge in [-0.1, -0.05) is 56.3 Å². The van der Waals surface area contributed by atoms with Crippen LogP contribution in [0.25, 0.3) is 5.69 Å². The molecule has 1 atom stereocenters. The number of halogens is 2. The summed E-state index contributed by atoms with van der Waals surface area (Å²) in [4.78, 5) is 15.3. The Hall–Kier alpha value is -3.93. The second-order valence-corrected chi connectivity index (χ2v) is 8.84. The van der Waals surface area contributed by atoms with E-state index in [1.54, 1.807) is 4.90 Å². The van der Waals surface area contributed by atoms with Gasteiger partial charge in [0.15, 0.2) is 0 Å². The lowest BCUT2D eigenvalue weighted by Gasteiger charge is -2.31. The fourth-order valence-corrected chi connectivity index (χ4v) is 4.53. The van der Waals surface area contributed by atoms with Crippen molar-refractivity contribution in [1.29, 1.82) is 0 Å². The van der Waals surface area contributed by atoms with Crippen molar-refractivity contribution in [3.63, 3.8) is 0 Å². The normalized spacial score (nSPS) is 15.0. The number of fused-ring (bicyclic) bond motifs is 3. The summed E-state index contributed by atoms with van der Waals surface area (Å²) in [5.41, 5.74) is 4.81. The van der Waals surface area contributed by atoms with Crippen LogP contribution < -0.4 is 5.32 Å². The Morgan fingerprint density at radius 2 is 1.74 bits per heavy atom. The molecule has 5 rings (SSSR count). The van der Waals surface area contributed by atoms with E-state index < -0.39 is 23.7 Å². The number of rotatable bonds is 3. The highest BCUT2D eigenvalue weighted by molar-refractivity contribution is 5.90. The van der Waals surface area contributed by atoms with Gasteiger partial charge in [-0.25, -0.2) is 13.6 Å². The smallest absolute Gasteiger partial charge is 0.318 e. The molecule has 1 N–H and O–H groups in total. The van der Waals surface area contributed by atoms with Gasteiger partial charge in [-0.2, -0.15) is 0 Å². The van der Waals surface area contributed by atoms with Gasteiger partial charge < -0.3 is 14.8 Å². The van der Waals surface area contributed by atoms with Crippen molar-refractivity contribution in [2.45, 2.75) is 32.4 Å². The Kier molecular flexibility index (Phi) is 5.65. The Labute approximate surface area is 197 Å². The first-order valence-electron chi connectivity index (χ1n) is 11.3. The number of amides is 2. The molecular weight excluding hydrogens is 432 g/mol. The third kappa shape index (κ3) is 3.96. The lowest BCUT2D eigenvalue weighted by Crippen LogP contribution is -2.38. The summed E-state index contributed by atoms with van der Waals surface area (Å²) in [6.45, 7) is 4.57.